The minimum atomic E-state index is 0.848. The minimum Gasteiger partial charge on any atom is -0.243 e. The van der Waals surface area contributed by atoms with E-state index in [0.29, 0.717) is 0 Å². The number of thiazole rings is 1. The lowest BCUT2D eigenvalue weighted by Gasteiger charge is -1.84. The molecule has 0 saturated carbocycles. The van der Waals surface area contributed by atoms with Crippen LogP contribution in [0.2, 0.25) is 0 Å². The molecule has 0 atom stereocenters. The van der Waals surface area contributed by atoms with Crippen LogP contribution in [0.15, 0.2) is 28.3 Å². The fraction of sp³-hybridized carbons (Fsp3) is 0. The van der Waals surface area contributed by atoms with Gasteiger partial charge in [-0.05, 0) is 6.08 Å². The summed E-state index contributed by atoms with van der Waals surface area (Å²) in [6.45, 7) is 0. The maximum Gasteiger partial charge on any atom is 0.114 e. The fourth-order valence-corrected chi connectivity index (χ4v) is 1.25. The molecule has 1 radical (unpaired) electrons. The second-order valence-corrected chi connectivity index (χ2v) is 2.51. The van der Waals surface area contributed by atoms with Crippen molar-refractivity contribution >= 4 is 17.0 Å². The summed E-state index contributed by atoms with van der Waals surface area (Å²) >= 11 is 1.56. The highest BCUT2D eigenvalue weighted by Crippen LogP contribution is 2.05. The quantitative estimate of drug-likeness (QED) is 0.588. The Kier molecular flexibility index (Phi) is 1.25. The first-order chi connectivity index (χ1) is 4.97. The summed E-state index contributed by atoms with van der Waals surface area (Å²) in [6.07, 6.45) is 3.50. The van der Waals surface area contributed by atoms with E-state index < -0.39 is 0 Å². The Hall–Kier alpha value is -1.16. The van der Waals surface area contributed by atoms with Crippen molar-refractivity contribution in [2.75, 3.05) is 0 Å². The minimum absolute atomic E-state index is 0.848. The highest BCUT2D eigenvalue weighted by Gasteiger charge is 2.04. The highest BCUT2D eigenvalue weighted by molar-refractivity contribution is 7.07. The predicted octanol–water partition coefficient (Wildman–Crippen LogP) is 0.979. The number of allylic oxidation sites excluding steroid dienone is 1. The lowest BCUT2D eigenvalue weighted by Crippen LogP contribution is -1.93. The molecule has 0 aromatic carbocycles. The molecule has 0 aliphatic carbocycles. The second kappa shape index (κ2) is 2.22. The van der Waals surface area contributed by atoms with Gasteiger partial charge in [0, 0.05) is 5.38 Å². The summed E-state index contributed by atoms with van der Waals surface area (Å²) in [6, 6.07) is 0. The van der Waals surface area contributed by atoms with Crippen LogP contribution in [-0.4, -0.2) is 10.7 Å². The Bertz CT molecular complexity index is 273. The van der Waals surface area contributed by atoms with Gasteiger partial charge in [0.15, 0.2) is 0 Å². The summed E-state index contributed by atoms with van der Waals surface area (Å²) in [4.78, 5) is 4.07. The van der Waals surface area contributed by atoms with Crippen LogP contribution in [-0.2, 0) is 0 Å². The molecule has 49 valence electrons. The molecule has 1 aliphatic rings. The zero-order valence-corrected chi connectivity index (χ0v) is 5.88. The van der Waals surface area contributed by atoms with E-state index in [1.807, 2.05) is 11.5 Å². The summed E-state index contributed by atoms with van der Waals surface area (Å²) in [5.74, 6) is 0. The van der Waals surface area contributed by atoms with Crippen molar-refractivity contribution < 1.29 is 0 Å². The van der Waals surface area contributed by atoms with E-state index in [2.05, 4.69) is 15.5 Å². The molecule has 2 heterocycles. The molecule has 1 aromatic heterocycles. The van der Waals surface area contributed by atoms with Crippen molar-refractivity contribution in [1.29, 1.82) is 0 Å². The Morgan fingerprint density at radius 2 is 2.40 bits per heavy atom. The van der Waals surface area contributed by atoms with Crippen molar-refractivity contribution in [1.82, 2.24) is 10.4 Å². The van der Waals surface area contributed by atoms with Gasteiger partial charge in [-0.25, -0.2) is 4.98 Å². The van der Waals surface area contributed by atoms with Crippen molar-refractivity contribution in [3.05, 3.63) is 28.9 Å². The van der Waals surface area contributed by atoms with Crippen LogP contribution in [0.25, 0.3) is 0 Å². The zero-order valence-electron chi connectivity index (χ0n) is 5.06. The summed E-state index contributed by atoms with van der Waals surface area (Å²) in [5.41, 5.74) is 7.23. The Morgan fingerprint density at radius 3 is 3.00 bits per heavy atom. The van der Waals surface area contributed by atoms with Crippen molar-refractivity contribution in [2.24, 2.45) is 5.10 Å². The van der Waals surface area contributed by atoms with Crippen molar-refractivity contribution in [2.45, 2.75) is 0 Å². The van der Waals surface area contributed by atoms with Gasteiger partial charge in [-0.3, -0.25) is 0 Å². The molecule has 1 aromatic rings. The number of hydrogen-bond donors (Lipinski definition) is 0. The lowest BCUT2D eigenvalue weighted by molar-refractivity contribution is 0.971. The lowest BCUT2D eigenvalue weighted by atomic mass is 10.3. The highest BCUT2D eigenvalue weighted by atomic mass is 32.1. The number of aromatic nitrogens is 1. The van der Waals surface area contributed by atoms with Crippen LogP contribution in [0.5, 0.6) is 0 Å². The average Bonchev–Trinajstić information content (AvgIpc) is 2.59. The molecule has 3 nitrogen and oxygen atoms in total. The third-order valence-corrected chi connectivity index (χ3v) is 1.75. The molecule has 1 aliphatic heterocycles. The van der Waals surface area contributed by atoms with Gasteiger partial charge >= 0.3 is 0 Å². The van der Waals surface area contributed by atoms with Gasteiger partial charge in [-0.1, -0.05) is 0 Å². The van der Waals surface area contributed by atoms with E-state index in [0.717, 1.165) is 11.4 Å². The van der Waals surface area contributed by atoms with E-state index >= 15 is 0 Å². The number of rotatable bonds is 1. The van der Waals surface area contributed by atoms with Gasteiger partial charge in [0.05, 0.1) is 11.7 Å². The van der Waals surface area contributed by atoms with Gasteiger partial charge < -0.3 is 0 Å². The Morgan fingerprint density at radius 1 is 1.40 bits per heavy atom. The molecule has 0 bridgehead atoms. The predicted molar refractivity (Wildman–Crippen MR) is 39.9 cm³/mol. The first-order valence-corrected chi connectivity index (χ1v) is 3.74. The molecule has 10 heavy (non-hydrogen) atoms. The Labute approximate surface area is 62.1 Å². The molecule has 0 saturated heterocycles. The van der Waals surface area contributed by atoms with Crippen LogP contribution < -0.4 is 5.43 Å². The van der Waals surface area contributed by atoms with E-state index in [4.69, 9.17) is 0 Å². The van der Waals surface area contributed by atoms with Crippen LogP contribution in [0.3, 0.4) is 0 Å². The maximum atomic E-state index is 4.07. The monoisotopic (exact) mass is 150 g/mol. The smallest absolute Gasteiger partial charge is 0.114 e. The van der Waals surface area contributed by atoms with Crippen LogP contribution in [0.4, 0.5) is 0 Å². The second-order valence-electron chi connectivity index (χ2n) is 1.79. The van der Waals surface area contributed by atoms with Gasteiger partial charge in [-0.15, -0.1) is 16.4 Å². The first-order valence-electron chi connectivity index (χ1n) is 2.80. The van der Waals surface area contributed by atoms with Crippen LogP contribution in [0, 0.1) is 0 Å². The molecule has 2 rings (SSSR count). The van der Waals surface area contributed by atoms with Gasteiger partial charge in [0.1, 0.15) is 11.4 Å². The maximum absolute atomic E-state index is 4.07. The van der Waals surface area contributed by atoms with Gasteiger partial charge in [0.25, 0.3) is 0 Å². The van der Waals surface area contributed by atoms with E-state index in [-0.39, 0.29) is 0 Å². The van der Waals surface area contributed by atoms with Crippen LogP contribution in [0.1, 0.15) is 5.69 Å². The van der Waals surface area contributed by atoms with Crippen molar-refractivity contribution in [3.63, 3.8) is 0 Å². The summed E-state index contributed by atoms with van der Waals surface area (Å²) in [5, 5.41) is 5.80. The third kappa shape index (κ3) is 0.823. The summed E-state index contributed by atoms with van der Waals surface area (Å²) < 4.78 is 0. The van der Waals surface area contributed by atoms with Gasteiger partial charge in [-0.2, -0.15) is 5.43 Å². The van der Waals surface area contributed by atoms with E-state index in [9.17, 15) is 0 Å². The molecule has 0 fully saturated rings. The fourth-order valence-electron chi connectivity index (χ4n) is 0.708. The topological polar surface area (TPSA) is 39.4 Å². The molecular formula is C6H4N3S. The standard InChI is InChI=1S/C6H4N3S/c1-2-8-9-5(1)6-3-10-4-7-6/h1-4H. The van der Waals surface area contributed by atoms with Crippen molar-refractivity contribution in [3.8, 4) is 0 Å². The SMILES string of the molecule is C1=CC(c2cscn2)=N[N]1. The molecule has 0 unspecified atom stereocenters. The molecular weight excluding hydrogens is 146 g/mol. The summed E-state index contributed by atoms with van der Waals surface area (Å²) in [7, 11) is 0. The van der Waals surface area contributed by atoms with Crippen LogP contribution >= 0.6 is 11.3 Å². The number of nitrogens with zero attached hydrogens (tertiary/aromatic N) is 3. The molecule has 0 N–H and O–H groups in total. The largest absolute Gasteiger partial charge is 0.243 e. The third-order valence-electron chi connectivity index (χ3n) is 1.16. The van der Waals surface area contributed by atoms with Gasteiger partial charge in [0.2, 0.25) is 0 Å². The molecule has 0 amide bonds. The molecule has 4 heteroatoms. The first kappa shape index (κ1) is 5.61. The van der Waals surface area contributed by atoms with E-state index in [1.54, 1.807) is 23.0 Å². The van der Waals surface area contributed by atoms with E-state index in [1.165, 1.54) is 0 Å². The zero-order chi connectivity index (χ0) is 6.81. The average molecular weight is 150 g/mol. The molecule has 0 spiro atoms. The number of hydrogen-bond acceptors (Lipinski definition) is 3. The normalized spacial score (nSPS) is 15.0. The Balaban J connectivity index is 2.36.